The molecule has 1 aromatic rings. The van der Waals surface area contributed by atoms with Gasteiger partial charge in [0.05, 0.1) is 0 Å². The predicted octanol–water partition coefficient (Wildman–Crippen LogP) is 1.70. The Morgan fingerprint density at radius 2 is 1.95 bits per heavy atom. The standard InChI is InChI=1S/C14H26N2O4S/c1-10(2)9-19-7-5-6-16-21(17,18)14-12(4)20-11(3)13(14)8-15/h10,16H,5-9,15H2,1-4H3. The molecule has 1 heterocycles. The quantitative estimate of drug-likeness (QED) is 0.676. The predicted molar refractivity (Wildman–Crippen MR) is 81.5 cm³/mol. The Morgan fingerprint density at radius 1 is 1.29 bits per heavy atom. The van der Waals surface area contributed by atoms with Gasteiger partial charge < -0.3 is 14.9 Å². The summed E-state index contributed by atoms with van der Waals surface area (Å²) < 4.78 is 38.0. The molecule has 0 atom stereocenters. The minimum atomic E-state index is -3.60. The van der Waals surface area contributed by atoms with Gasteiger partial charge in [-0.3, -0.25) is 0 Å². The molecule has 0 aliphatic rings. The molecule has 0 saturated carbocycles. The smallest absolute Gasteiger partial charge is 0.244 e. The zero-order valence-electron chi connectivity index (χ0n) is 13.2. The third kappa shape index (κ3) is 5.10. The molecule has 3 N–H and O–H groups in total. The molecule has 0 aliphatic carbocycles. The molecule has 122 valence electrons. The van der Waals surface area contributed by atoms with Crippen LogP contribution in [-0.4, -0.2) is 28.2 Å². The number of rotatable bonds is 9. The molecule has 0 amide bonds. The zero-order chi connectivity index (χ0) is 16.0. The Bertz CT molecular complexity index is 550. The molecule has 0 radical (unpaired) electrons. The third-order valence-electron chi connectivity index (χ3n) is 3.01. The van der Waals surface area contributed by atoms with Crippen molar-refractivity contribution in [2.75, 3.05) is 19.8 Å². The van der Waals surface area contributed by atoms with E-state index < -0.39 is 10.0 Å². The Balaban J connectivity index is 2.58. The van der Waals surface area contributed by atoms with Crippen LogP contribution in [0.3, 0.4) is 0 Å². The van der Waals surface area contributed by atoms with Crippen LogP contribution in [0, 0.1) is 19.8 Å². The van der Waals surface area contributed by atoms with Crippen LogP contribution < -0.4 is 10.5 Å². The fraction of sp³-hybridized carbons (Fsp3) is 0.714. The summed E-state index contributed by atoms with van der Waals surface area (Å²) in [4.78, 5) is 0.172. The fourth-order valence-corrected chi connectivity index (χ4v) is 3.60. The average molecular weight is 318 g/mol. The monoisotopic (exact) mass is 318 g/mol. The van der Waals surface area contributed by atoms with Gasteiger partial charge in [0, 0.05) is 31.9 Å². The van der Waals surface area contributed by atoms with E-state index in [0.717, 1.165) is 0 Å². The minimum absolute atomic E-state index is 0.136. The first-order chi connectivity index (χ1) is 9.79. The maximum Gasteiger partial charge on any atom is 0.244 e. The zero-order valence-corrected chi connectivity index (χ0v) is 14.0. The van der Waals surface area contributed by atoms with Gasteiger partial charge in [-0.05, 0) is 26.2 Å². The third-order valence-corrected chi connectivity index (χ3v) is 4.66. The molecule has 1 rings (SSSR count). The van der Waals surface area contributed by atoms with Crippen LogP contribution in [0.15, 0.2) is 9.31 Å². The first-order valence-corrected chi connectivity index (χ1v) is 8.64. The van der Waals surface area contributed by atoms with Crippen molar-refractivity contribution < 1.29 is 17.6 Å². The average Bonchev–Trinajstić information content (AvgIpc) is 2.68. The van der Waals surface area contributed by atoms with E-state index in [1.807, 2.05) is 0 Å². The molecule has 0 unspecified atom stereocenters. The SMILES string of the molecule is Cc1oc(C)c(S(=O)(=O)NCCCOCC(C)C)c1CN. The molecule has 7 heteroatoms. The maximum atomic E-state index is 12.3. The fourth-order valence-electron chi connectivity index (χ4n) is 2.07. The lowest BCUT2D eigenvalue weighted by Crippen LogP contribution is -2.27. The van der Waals surface area contributed by atoms with Crippen molar-refractivity contribution in [2.24, 2.45) is 11.7 Å². The van der Waals surface area contributed by atoms with Crippen LogP contribution >= 0.6 is 0 Å². The van der Waals surface area contributed by atoms with Gasteiger partial charge >= 0.3 is 0 Å². The van der Waals surface area contributed by atoms with Gasteiger partial charge in [0.25, 0.3) is 0 Å². The van der Waals surface area contributed by atoms with E-state index in [4.69, 9.17) is 14.9 Å². The summed E-state index contributed by atoms with van der Waals surface area (Å²) in [7, 11) is -3.60. The summed E-state index contributed by atoms with van der Waals surface area (Å²) in [6, 6.07) is 0. The Morgan fingerprint density at radius 3 is 2.52 bits per heavy atom. The largest absolute Gasteiger partial charge is 0.465 e. The first-order valence-electron chi connectivity index (χ1n) is 7.16. The lowest BCUT2D eigenvalue weighted by Gasteiger charge is -2.09. The van der Waals surface area contributed by atoms with Gasteiger partial charge in [-0.2, -0.15) is 0 Å². The van der Waals surface area contributed by atoms with Crippen molar-refractivity contribution in [3.05, 3.63) is 17.1 Å². The van der Waals surface area contributed by atoms with Crippen molar-refractivity contribution in [3.8, 4) is 0 Å². The molecule has 6 nitrogen and oxygen atoms in total. The van der Waals surface area contributed by atoms with E-state index in [2.05, 4.69) is 18.6 Å². The summed E-state index contributed by atoms with van der Waals surface area (Å²) in [5.41, 5.74) is 6.15. The molecule has 0 saturated heterocycles. The van der Waals surface area contributed by atoms with Gasteiger partial charge in [0.1, 0.15) is 16.4 Å². The van der Waals surface area contributed by atoms with Gasteiger partial charge in [-0.1, -0.05) is 13.8 Å². The Labute approximate surface area is 127 Å². The second-order valence-corrected chi connectivity index (χ2v) is 7.15. The van der Waals surface area contributed by atoms with E-state index in [-0.39, 0.29) is 11.4 Å². The van der Waals surface area contributed by atoms with Crippen molar-refractivity contribution >= 4 is 10.0 Å². The van der Waals surface area contributed by atoms with Crippen LogP contribution in [0.4, 0.5) is 0 Å². The normalized spacial score (nSPS) is 12.3. The molecule has 21 heavy (non-hydrogen) atoms. The number of ether oxygens (including phenoxy) is 1. The van der Waals surface area contributed by atoms with Gasteiger partial charge in [-0.25, -0.2) is 13.1 Å². The molecule has 0 aromatic carbocycles. The van der Waals surface area contributed by atoms with Crippen LogP contribution in [0.2, 0.25) is 0 Å². The molecule has 0 fully saturated rings. The van der Waals surface area contributed by atoms with Gasteiger partial charge in [0.15, 0.2) is 0 Å². The first kappa shape index (κ1) is 18.2. The van der Waals surface area contributed by atoms with E-state index in [9.17, 15) is 8.42 Å². The lowest BCUT2D eigenvalue weighted by atomic mass is 10.2. The second kappa shape index (κ2) is 7.93. The topological polar surface area (TPSA) is 94.6 Å². The van der Waals surface area contributed by atoms with E-state index >= 15 is 0 Å². The van der Waals surface area contributed by atoms with E-state index in [0.29, 0.717) is 49.2 Å². The van der Waals surface area contributed by atoms with Crippen LogP contribution in [0.25, 0.3) is 0 Å². The highest BCUT2D eigenvalue weighted by Crippen LogP contribution is 2.25. The molecule has 0 bridgehead atoms. The number of hydrogen-bond acceptors (Lipinski definition) is 5. The van der Waals surface area contributed by atoms with Crippen LogP contribution in [-0.2, 0) is 21.3 Å². The lowest BCUT2D eigenvalue weighted by molar-refractivity contribution is 0.108. The summed E-state index contributed by atoms with van der Waals surface area (Å²) in [5, 5.41) is 0. The summed E-state index contributed by atoms with van der Waals surface area (Å²) >= 11 is 0. The minimum Gasteiger partial charge on any atom is -0.465 e. The summed E-state index contributed by atoms with van der Waals surface area (Å²) in [6.07, 6.45) is 0.625. The Kier molecular flexibility index (Phi) is 6.86. The molecular weight excluding hydrogens is 292 g/mol. The number of nitrogens with two attached hydrogens (primary N) is 1. The second-order valence-electron chi connectivity index (χ2n) is 5.45. The van der Waals surface area contributed by atoms with Crippen LogP contribution in [0.1, 0.15) is 37.4 Å². The number of furan rings is 1. The maximum absolute atomic E-state index is 12.3. The number of nitrogens with one attached hydrogen (secondary N) is 1. The molecule has 1 aromatic heterocycles. The highest BCUT2D eigenvalue weighted by Gasteiger charge is 2.25. The number of aryl methyl sites for hydroxylation is 2. The highest BCUT2D eigenvalue weighted by atomic mass is 32.2. The summed E-state index contributed by atoms with van der Waals surface area (Å²) in [5.74, 6) is 1.40. The molecular formula is C14H26N2O4S. The molecule has 0 aliphatic heterocycles. The van der Waals surface area contributed by atoms with Crippen molar-refractivity contribution in [2.45, 2.75) is 45.6 Å². The van der Waals surface area contributed by atoms with Crippen molar-refractivity contribution in [1.82, 2.24) is 4.72 Å². The Hall–Kier alpha value is -0.890. The van der Waals surface area contributed by atoms with Crippen molar-refractivity contribution in [1.29, 1.82) is 0 Å². The van der Waals surface area contributed by atoms with Crippen LogP contribution in [0.5, 0.6) is 0 Å². The highest BCUT2D eigenvalue weighted by molar-refractivity contribution is 7.89. The van der Waals surface area contributed by atoms with Crippen molar-refractivity contribution in [3.63, 3.8) is 0 Å². The van der Waals surface area contributed by atoms with E-state index in [1.165, 1.54) is 0 Å². The summed E-state index contributed by atoms with van der Waals surface area (Å²) in [6.45, 7) is 9.17. The van der Waals surface area contributed by atoms with Gasteiger partial charge in [0.2, 0.25) is 10.0 Å². The van der Waals surface area contributed by atoms with E-state index in [1.54, 1.807) is 13.8 Å². The number of hydrogen-bond donors (Lipinski definition) is 2. The molecule has 0 spiro atoms. The van der Waals surface area contributed by atoms with Gasteiger partial charge in [-0.15, -0.1) is 0 Å². The number of sulfonamides is 1.